The zero-order valence-electron chi connectivity index (χ0n) is 8.58. The van der Waals surface area contributed by atoms with E-state index < -0.39 is 0 Å². The summed E-state index contributed by atoms with van der Waals surface area (Å²) in [5.74, 6) is -0.285. The SMILES string of the molecule is CN(c1cc(Br)cs1)c1cc(F)ccc1N. The molecule has 0 spiro atoms. The van der Waals surface area contributed by atoms with Crippen molar-refractivity contribution >= 4 is 43.6 Å². The Kier molecular flexibility index (Phi) is 3.16. The fourth-order valence-electron chi connectivity index (χ4n) is 1.40. The number of anilines is 3. The highest BCUT2D eigenvalue weighted by molar-refractivity contribution is 9.10. The molecule has 5 heteroatoms. The number of nitrogen functional groups attached to an aromatic ring is 1. The number of thiophene rings is 1. The quantitative estimate of drug-likeness (QED) is 0.850. The molecule has 2 rings (SSSR count). The number of rotatable bonds is 2. The van der Waals surface area contributed by atoms with Gasteiger partial charge in [0.1, 0.15) is 5.82 Å². The molecule has 2 nitrogen and oxygen atoms in total. The van der Waals surface area contributed by atoms with Gasteiger partial charge in [0.15, 0.2) is 0 Å². The van der Waals surface area contributed by atoms with Crippen LogP contribution < -0.4 is 10.6 Å². The van der Waals surface area contributed by atoms with Gasteiger partial charge in [0.2, 0.25) is 0 Å². The van der Waals surface area contributed by atoms with Crippen molar-refractivity contribution < 1.29 is 4.39 Å². The van der Waals surface area contributed by atoms with Gasteiger partial charge in [-0.25, -0.2) is 4.39 Å². The number of nitrogens with zero attached hydrogens (tertiary/aromatic N) is 1. The fourth-order valence-corrected chi connectivity index (χ4v) is 2.81. The van der Waals surface area contributed by atoms with Crippen LogP contribution in [-0.4, -0.2) is 7.05 Å². The van der Waals surface area contributed by atoms with Crippen LogP contribution in [0.25, 0.3) is 0 Å². The van der Waals surface area contributed by atoms with E-state index >= 15 is 0 Å². The maximum atomic E-state index is 13.1. The van der Waals surface area contributed by atoms with Crippen molar-refractivity contribution in [3.8, 4) is 0 Å². The average Bonchev–Trinajstić information content (AvgIpc) is 2.67. The van der Waals surface area contributed by atoms with Crippen LogP contribution in [0.2, 0.25) is 0 Å². The molecule has 0 radical (unpaired) electrons. The Morgan fingerprint density at radius 1 is 1.38 bits per heavy atom. The third-order valence-electron chi connectivity index (χ3n) is 2.24. The van der Waals surface area contributed by atoms with E-state index in [1.165, 1.54) is 12.1 Å². The summed E-state index contributed by atoms with van der Waals surface area (Å²) < 4.78 is 14.1. The van der Waals surface area contributed by atoms with Gasteiger partial charge in [-0.05, 0) is 40.2 Å². The largest absolute Gasteiger partial charge is 0.397 e. The summed E-state index contributed by atoms with van der Waals surface area (Å²) in [6.45, 7) is 0. The van der Waals surface area contributed by atoms with Crippen molar-refractivity contribution in [3.05, 3.63) is 39.9 Å². The van der Waals surface area contributed by atoms with Gasteiger partial charge in [-0.15, -0.1) is 11.3 Å². The number of hydrogen-bond acceptors (Lipinski definition) is 3. The van der Waals surface area contributed by atoms with E-state index in [9.17, 15) is 4.39 Å². The fraction of sp³-hybridized carbons (Fsp3) is 0.0909. The molecule has 0 atom stereocenters. The first kappa shape index (κ1) is 11.4. The molecular weight excluding hydrogens is 291 g/mol. The van der Waals surface area contributed by atoms with Gasteiger partial charge < -0.3 is 10.6 Å². The van der Waals surface area contributed by atoms with Crippen molar-refractivity contribution in [1.82, 2.24) is 0 Å². The van der Waals surface area contributed by atoms with E-state index in [0.717, 1.165) is 9.47 Å². The first-order valence-electron chi connectivity index (χ1n) is 4.60. The molecule has 2 N–H and O–H groups in total. The van der Waals surface area contributed by atoms with Crippen molar-refractivity contribution in [2.45, 2.75) is 0 Å². The predicted octanol–water partition coefficient (Wildman–Crippen LogP) is 4.00. The summed E-state index contributed by atoms with van der Waals surface area (Å²) in [6.07, 6.45) is 0. The van der Waals surface area contributed by atoms with Gasteiger partial charge in [-0.1, -0.05) is 0 Å². The Morgan fingerprint density at radius 2 is 2.12 bits per heavy atom. The molecular formula is C11H10BrFN2S. The van der Waals surface area contributed by atoms with Crippen LogP contribution in [0.15, 0.2) is 34.1 Å². The first-order valence-corrected chi connectivity index (χ1v) is 6.28. The summed E-state index contributed by atoms with van der Waals surface area (Å²) in [5, 5.41) is 2.98. The normalized spacial score (nSPS) is 10.4. The molecule has 0 bridgehead atoms. The van der Waals surface area contributed by atoms with Gasteiger partial charge >= 0.3 is 0 Å². The van der Waals surface area contributed by atoms with E-state index in [1.54, 1.807) is 17.4 Å². The molecule has 84 valence electrons. The summed E-state index contributed by atoms with van der Waals surface area (Å²) in [5.41, 5.74) is 7.06. The van der Waals surface area contributed by atoms with Crippen LogP contribution in [0.1, 0.15) is 0 Å². The van der Waals surface area contributed by atoms with Crippen LogP contribution in [0.5, 0.6) is 0 Å². The Hall–Kier alpha value is -1.07. The van der Waals surface area contributed by atoms with Crippen molar-refractivity contribution in [1.29, 1.82) is 0 Å². The Bertz CT molecular complexity index is 512. The minimum atomic E-state index is -0.285. The van der Waals surface area contributed by atoms with E-state index in [1.807, 2.05) is 23.4 Å². The summed E-state index contributed by atoms with van der Waals surface area (Å²) in [7, 11) is 1.86. The van der Waals surface area contributed by atoms with Crippen molar-refractivity contribution in [3.63, 3.8) is 0 Å². The Labute approximate surface area is 106 Å². The third-order valence-corrected chi connectivity index (χ3v) is 4.00. The molecule has 0 aliphatic heterocycles. The lowest BCUT2D eigenvalue weighted by Gasteiger charge is -2.19. The number of benzene rings is 1. The number of nitrogens with two attached hydrogens (primary N) is 1. The topological polar surface area (TPSA) is 29.3 Å². The standard InChI is InChI=1S/C11H10BrFN2S/c1-15(11-4-7(12)6-16-11)10-5-8(13)2-3-9(10)14/h2-6H,14H2,1H3. The average molecular weight is 301 g/mol. The Morgan fingerprint density at radius 3 is 2.75 bits per heavy atom. The smallest absolute Gasteiger partial charge is 0.125 e. The van der Waals surface area contributed by atoms with E-state index in [4.69, 9.17) is 5.73 Å². The van der Waals surface area contributed by atoms with Gasteiger partial charge in [0.25, 0.3) is 0 Å². The maximum absolute atomic E-state index is 13.1. The molecule has 0 aliphatic rings. The molecule has 1 aromatic heterocycles. The van der Waals surface area contributed by atoms with Gasteiger partial charge in [0.05, 0.1) is 16.4 Å². The molecule has 0 saturated carbocycles. The monoisotopic (exact) mass is 300 g/mol. The highest BCUT2D eigenvalue weighted by atomic mass is 79.9. The highest BCUT2D eigenvalue weighted by Crippen LogP contribution is 2.35. The third kappa shape index (κ3) is 2.20. The lowest BCUT2D eigenvalue weighted by atomic mass is 10.2. The molecule has 0 amide bonds. The molecule has 16 heavy (non-hydrogen) atoms. The van der Waals surface area contributed by atoms with Gasteiger partial charge in [-0.2, -0.15) is 0 Å². The molecule has 1 heterocycles. The molecule has 0 unspecified atom stereocenters. The second-order valence-electron chi connectivity index (χ2n) is 3.37. The van der Waals surface area contributed by atoms with E-state index in [0.29, 0.717) is 11.4 Å². The lowest BCUT2D eigenvalue weighted by Crippen LogP contribution is -2.10. The van der Waals surface area contributed by atoms with Crippen LogP contribution in [0.3, 0.4) is 0 Å². The molecule has 2 aromatic rings. The van der Waals surface area contributed by atoms with Crippen LogP contribution in [0.4, 0.5) is 20.8 Å². The van der Waals surface area contributed by atoms with Crippen molar-refractivity contribution in [2.75, 3.05) is 17.7 Å². The molecule has 0 fully saturated rings. The summed E-state index contributed by atoms with van der Waals surface area (Å²) >= 11 is 4.95. The molecule has 0 saturated heterocycles. The van der Waals surface area contributed by atoms with E-state index in [-0.39, 0.29) is 5.82 Å². The summed E-state index contributed by atoms with van der Waals surface area (Å²) in [6, 6.07) is 6.33. The second kappa shape index (κ2) is 4.43. The lowest BCUT2D eigenvalue weighted by molar-refractivity contribution is 0.628. The molecule has 1 aromatic carbocycles. The first-order chi connectivity index (χ1) is 7.58. The minimum absolute atomic E-state index is 0.285. The van der Waals surface area contributed by atoms with Crippen LogP contribution >= 0.6 is 27.3 Å². The summed E-state index contributed by atoms with van der Waals surface area (Å²) in [4.78, 5) is 1.87. The zero-order valence-corrected chi connectivity index (χ0v) is 11.0. The second-order valence-corrected chi connectivity index (χ2v) is 5.17. The number of hydrogen-bond donors (Lipinski definition) is 1. The zero-order chi connectivity index (χ0) is 11.7. The van der Waals surface area contributed by atoms with Crippen LogP contribution in [-0.2, 0) is 0 Å². The number of halogens is 2. The maximum Gasteiger partial charge on any atom is 0.125 e. The minimum Gasteiger partial charge on any atom is -0.397 e. The highest BCUT2D eigenvalue weighted by Gasteiger charge is 2.10. The molecule has 0 aliphatic carbocycles. The van der Waals surface area contributed by atoms with Gasteiger partial charge in [0, 0.05) is 16.9 Å². The predicted molar refractivity (Wildman–Crippen MR) is 70.9 cm³/mol. The Balaban J connectivity index is 2.40. The van der Waals surface area contributed by atoms with Crippen LogP contribution in [0, 0.1) is 5.82 Å². The van der Waals surface area contributed by atoms with Crippen molar-refractivity contribution in [2.24, 2.45) is 0 Å². The van der Waals surface area contributed by atoms with E-state index in [2.05, 4.69) is 15.9 Å². The van der Waals surface area contributed by atoms with Gasteiger partial charge in [-0.3, -0.25) is 0 Å².